The molecule has 0 aliphatic carbocycles. The minimum Gasteiger partial charge on any atom is -0.398 e. The quantitative estimate of drug-likeness (QED) is 0.753. The number of nitrogen functional groups attached to an aromatic ring is 1. The second kappa shape index (κ2) is 4.18. The molecule has 0 aliphatic heterocycles. The molecule has 2 aromatic rings. The first kappa shape index (κ1) is 11.6. The number of hydrogen-bond donors (Lipinski definition) is 2. The Kier molecular flexibility index (Phi) is 2.69. The van der Waals surface area contributed by atoms with E-state index in [1.165, 1.54) is 23.0 Å². The number of hydrogen-bond acceptors (Lipinski definition) is 4. The smallest absolute Gasteiger partial charge is 0.250 e. The predicted octanol–water partition coefficient (Wildman–Crippen LogP) is 0.564. The molecule has 7 heteroatoms. The third-order valence-electron chi connectivity index (χ3n) is 2.38. The predicted molar refractivity (Wildman–Crippen MR) is 61.2 cm³/mol. The van der Waals surface area contributed by atoms with E-state index in [0.29, 0.717) is 0 Å². The van der Waals surface area contributed by atoms with Crippen LogP contribution in [0.5, 0.6) is 0 Å². The van der Waals surface area contributed by atoms with Crippen molar-refractivity contribution in [2.24, 2.45) is 5.73 Å². The lowest BCUT2D eigenvalue weighted by molar-refractivity contribution is 0.100. The number of carbonyl (C=O) groups excluding carboxylic acids is 1. The number of nitriles is 1. The average molecular weight is 245 g/mol. The number of nitrogens with zero attached hydrogens (tertiary/aromatic N) is 3. The van der Waals surface area contributed by atoms with Gasteiger partial charge in [0, 0.05) is 18.1 Å². The van der Waals surface area contributed by atoms with E-state index in [1.807, 2.05) is 0 Å². The van der Waals surface area contributed by atoms with E-state index in [4.69, 9.17) is 16.7 Å². The molecular formula is C11H8FN5O. The number of aromatic nitrogens is 2. The fourth-order valence-corrected chi connectivity index (χ4v) is 1.56. The van der Waals surface area contributed by atoms with E-state index in [-0.39, 0.29) is 22.8 Å². The third kappa shape index (κ3) is 1.76. The molecule has 1 aromatic heterocycles. The number of rotatable bonds is 2. The molecule has 18 heavy (non-hydrogen) atoms. The second-order valence-electron chi connectivity index (χ2n) is 3.49. The maximum absolute atomic E-state index is 13.8. The molecule has 0 atom stereocenters. The number of carbonyl (C=O) groups is 1. The Balaban J connectivity index is 2.69. The zero-order valence-electron chi connectivity index (χ0n) is 9.09. The molecule has 90 valence electrons. The van der Waals surface area contributed by atoms with Gasteiger partial charge in [-0.15, -0.1) is 0 Å². The van der Waals surface area contributed by atoms with Crippen molar-refractivity contribution in [1.29, 1.82) is 5.26 Å². The van der Waals surface area contributed by atoms with Gasteiger partial charge >= 0.3 is 0 Å². The Bertz CT molecular complexity index is 671. The van der Waals surface area contributed by atoms with Crippen LogP contribution in [-0.2, 0) is 0 Å². The van der Waals surface area contributed by atoms with Crippen molar-refractivity contribution in [2.75, 3.05) is 5.73 Å². The zero-order chi connectivity index (χ0) is 13.3. The monoisotopic (exact) mass is 245 g/mol. The number of halogens is 1. The highest BCUT2D eigenvalue weighted by atomic mass is 19.1. The van der Waals surface area contributed by atoms with Crippen molar-refractivity contribution in [1.82, 2.24) is 9.55 Å². The van der Waals surface area contributed by atoms with Gasteiger partial charge in [0.25, 0.3) is 5.91 Å². The number of amides is 1. The molecule has 0 spiro atoms. The minimum absolute atomic E-state index is 0.00547. The van der Waals surface area contributed by atoms with Crippen LogP contribution >= 0.6 is 0 Å². The fourth-order valence-electron chi connectivity index (χ4n) is 1.56. The Morgan fingerprint density at radius 3 is 2.83 bits per heavy atom. The van der Waals surface area contributed by atoms with Gasteiger partial charge in [0.15, 0.2) is 0 Å². The Labute approximate surface area is 101 Å². The van der Waals surface area contributed by atoms with Crippen molar-refractivity contribution >= 4 is 11.6 Å². The number of nitrogens with two attached hydrogens (primary N) is 2. The van der Waals surface area contributed by atoms with Crippen molar-refractivity contribution < 1.29 is 9.18 Å². The summed E-state index contributed by atoms with van der Waals surface area (Å²) >= 11 is 0. The Morgan fingerprint density at radius 2 is 2.22 bits per heavy atom. The summed E-state index contributed by atoms with van der Waals surface area (Å²) in [5.41, 5.74) is 10.5. The summed E-state index contributed by atoms with van der Waals surface area (Å²) in [6, 6.07) is 3.98. The van der Waals surface area contributed by atoms with E-state index >= 15 is 0 Å². The van der Waals surface area contributed by atoms with Gasteiger partial charge in [-0.1, -0.05) is 0 Å². The molecule has 1 heterocycles. The first-order valence-corrected chi connectivity index (χ1v) is 4.87. The number of anilines is 1. The summed E-state index contributed by atoms with van der Waals surface area (Å²) < 4.78 is 15.0. The van der Waals surface area contributed by atoms with Gasteiger partial charge in [0.05, 0.1) is 11.3 Å². The summed E-state index contributed by atoms with van der Waals surface area (Å²) in [5, 5.41) is 8.82. The topological polar surface area (TPSA) is 111 Å². The summed E-state index contributed by atoms with van der Waals surface area (Å²) in [4.78, 5) is 14.9. The highest BCUT2D eigenvalue weighted by Gasteiger charge is 2.15. The molecule has 0 bridgehead atoms. The van der Waals surface area contributed by atoms with Gasteiger partial charge in [-0.2, -0.15) is 5.26 Å². The largest absolute Gasteiger partial charge is 0.398 e. The van der Waals surface area contributed by atoms with Gasteiger partial charge in [-0.25, -0.2) is 9.37 Å². The molecule has 1 amide bonds. The van der Waals surface area contributed by atoms with Crippen LogP contribution in [0.4, 0.5) is 10.1 Å². The van der Waals surface area contributed by atoms with Crippen molar-refractivity contribution in [2.45, 2.75) is 0 Å². The van der Waals surface area contributed by atoms with Crippen LogP contribution in [-0.4, -0.2) is 15.5 Å². The third-order valence-corrected chi connectivity index (χ3v) is 2.38. The lowest BCUT2D eigenvalue weighted by Gasteiger charge is -2.09. The summed E-state index contributed by atoms with van der Waals surface area (Å²) in [5.74, 6) is -1.45. The van der Waals surface area contributed by atoms with E-state index in [1.54, 1.807) is 6.07 Å². The second-order valence-corrected chi connectivity index (χ2v) is 3.49. The SMILES string of the molecule is N#Cc1nccn1-c1cc(C(N)=O)c(N)cc1F. The van der Waals surface area contributed by atoms with E-state index < -0.39 is 11.7 Å². The van der Waals surface area contributed by atoms with Crippen molar-refractivity contribution in [3.63, 3.8) is 0 Å². The van der Waals surface area contributed by atoms with Crippen LogP contribution in [0.1, 0.15) is 16.2 Å². The normalized spacial score (nSPS) is 10.0. The number of primary amides is 1. The van der Waals surface area contributed by atoms with Crippen molar-refractivity contribution in [3.8, 4) is 11.8 Å². The molecule has 0 unspecified atom stereocenters. The molecule has 0 radical (unpaired) electrons. The van der Waals surface area contributed by atoms with Crippen LogP contribution in [0.25, 0.3) is 5.69 Å². The van der Waals surface area contributed by atoms with Crippen LogP contribution in [0.2, 0.25) is 0 Å². The molecule has 6 nitrogen and oxygen atoms in total. The van der Waals surface area contributed by atoms with Crippen LogP contribution in [0.15, 0.2) is 24.5 Å². The van der Waals surface area contributed by atoms with Gasteiger partial charge in [-0.05, 0) is 12.1 Å². The molecule has 1 aromatic carbocycles. The van der Waals surface area contributed by atoms with Gasteiger partial charge in [0.2, 0.25) is 5.82 Å². The van der Waals surface area contributed by atoms with Crippen LogP contribution < -0.4 is 11.5 Å². The first-order valence-electron chi connectivity index (χ1n) is 4.87. The molecule has 0 saturated carbocycles. The molecule has 0 fully saturated rings. The molecule has 4 N–H and O–H groups in total. The molecular weight excluding hydrogens is 237 g/mol. The minimum atomic E-state index is -0.771. The number of imidazole rings is 1. The standard InChI is InChI=1S/C11H8FN5O/c12-7-4-8(14)6(11(15)18)3-9(7)17-2-1-16-10(17)5-13/h1-4H,14H2,(H2,15,18). The van der Waals surface area contributed by atoms with E-state index in [9.17, 15) is 9.18 Å². The summed E-state index contributed by atoms with van der Waals surface area (Å²) in [6.07, 6.45) is 2.75. The summed E-state index contributed by atoms with van der Waals surface area (Å²) in [6.45, 7) is 0. The Morgan fingerprint density at radius 1 is 1.50 bits per heavy atom. The molecule has 0 aliphatic rings. The lowest BCUT2D eigenvalue weighted by Crippen LogP contribution is -2.15. The first-order chi connectivity index (χ1) is 8.54. The zero-order valence-corrected chi connectivity index (χ0v) is 9.09. The Hall–Kier alpha value is -2.88. The van der Waals surface area contributed by atoms with Crippen LogP contribution in [0.3, 0.4) is 0 Å². The van der Waals surface area contributed by atoms with Gasteiger partial charge in [0.1, 0.15) is 11.9 Å². The molecule has 0 saturated heterocycles. The fraction of sp³-hybridized carbons (Fsp3) is 0. The van der Waals surface area contributed by atoms with Crippen molar-refractivity contribution in [3.05, 3.63) is 41.7 Å². The van der Waals surface area contributed by atoms with Crippen LogP contribution in [0, 0.1) is 17.1 Å². The average Bonchev–Trinajstić information content (AvgIpc) is 2.76. The highest BCUT2D eigenvalue weighted by Crippen LogP contribution is 2.21. The summed E-state index contributed by atoms with van der Waals surface area (Å²) in [7, 11) is 0. The van der Waals surface area contributed by atoms with Gasteiger partial charge in [-0.3, -0.25) is 9.36 Å². The van der Waals surface area contributed by atoms with E-state index in [2.05, 4.69) is 4.98 Å². The van der Waals surface area contributed by atoms with Gasteiger partial charge < -0.3 is 11.5 Å². The maximum atomic E-state index is 13.8. The maximum Gasteiger partial charge on any atom is 0.250 e. The van der Waals surface area contributed by atoms with E-state index in [0.717, 1.165) is 6.07 Å². The number of benzene rings is 1. The molecule has 2 rings (SSSR count). The highest BCUT2D eigenvalue weighted by molar-refractivity contribution is 5.98. The lowest BCUT2D eigenvalue weighted by atomic mass is 10.1.